The molecule has 0 spiro atoms. The van der Waals surface area contributed by atoms with E-state index >= 15 is 0 Å². The highest BCUT2D eigenvalue weighted by molar-refractivity contribution is 7.99. The van der Waals surface area contributed by atoms with E-state index in [4.69, 9.17) is 23.2 Å². The molecule has 0 fully saturated rings. The smallest absolute Gasteiger partial charge is 0.325 e. The number of nitrogens with zero attached hydrogens (tertiary/aromatic N) is 3. The average molecular weight is 547 g/mol. The van der Waals surface area contributed by atoms with Crippen molar-refractivity contribution in [3.05, 3.63) is 82.1 Å². The normalized spacial score (nSPS) is 11.4. The fourth-order valence-electron chi connectivity index (χ4n) is 2.84. The van der Waals surface area contributed by atoms with E-state index in [0.29, 0.717) is 39.1 Å². The van der Waals surface area contributed by atoms with E-state index in [-0.39, 0.29) is 11.4 Å². The molecule has 0 atom stereocenters. The van der Waals surface area contributed by atoms with Gasteiger partial charge in [0.25, 0.3) is 0 Å². The van der Waals surface area contributed by atoms with Crippen LogP contribution >= 0.6 is 46.7 Å². The number of alkyl halides is 3. The zero-order chi connectivity index (χ0) is 24.7. The molecule has 0 aliphatic heterocycles. The van der Waals surface area contributed by atoms with Crippen LogP contribution in [-0.2, 0) is 29.0 Å². The summed E-state index contributed by atoms with van der Waals surface area (Å²) < 4.78 is 40.4. The second-order valence-electron chi connectivity index (χ2n) is 6.95. The van der Waals surface area contributed by atoms with Crippen LogP contribution in [-0.4, -0.2) is 26.4 Å². The van der Waals surface area contributed by atoms with E-state index in [2.05, 4.69) is 22.1 Å². The van der Waals surface area contributed by atoms with Crippen LogP contribution in [0.1, 0.15) is 17.0 Å². The number of aromatic nitrogens is 3. The molecule has 0 unspecified atom stereocenters. The molecule has 1 N–H and O–H groups in total. The number of hydrogen-bond donors (Lipinski definition) is 1. The van der Waals surface area contributed by atoms with Crippen molar-refractivity contribution in [3.63, 3.8) is 0 Å². The van der Waals surface area contributed by atoms with E-state index < -0.39 is 17.6 Å². The van der Waals surface area contributed by atoms with Crippen LogP contribution < -0.4 is 5.32 Å². The van der Waals surface area contributed by atoms with Gasteiger partial charge in [0.15, 0.2) is 5.16 Å². The average Bonchev–Trinajstić information content (AvgIpc) is 3.16. The van der Waals surface area contributed by atoms with Gasteiger partial charge in [-0.3, -0.25) is 4.79 Å². The number of rotatable bonds is 10. The van der Waals surface area contributed by atoms with E-state index in [1.54, 1.807) is 23.9 Å². The first kappa shape index (κ1) is 26.5. The van der Waals surface area contributed by atoms with Crippen LogP contribution in [0.4, 0.5) is 18.9 Å². The minimum Gasteiger partial charge on any atom is -0.325 e. The molecule has 0 saturated heterocycles. The molecular weight excluding hydrogens is 528 g/mol. The molecule has 1 amide bonds. The summed E-state index contributed by atoms with van der Waals surface area (Å²) in [5.41, 5.74) is 0.272. The van der Waals surface area contributed by atoms with Gasteiger partial charge in [-0.2, -0.15) is 13.2 Å². The molecule has 3 rings (SSSR count). The Morgan fingerprint density at radius 3 is 2.62 bits per heavy atom. The molecule has 2 aromatic carbocycles. The lowest BCUT2D eigenvalue weighted by atomic mass is 10.2. The zero-order valence-corrected chi connectivity index (χ0v) is 20.8. The molecular formula is C22H19Cl2F3N4OS2. The molecule has 12 heteroatoms. The molecule has 180 valence electrons. The maximum atomic E-state index is 12.9. The van der Waals surface area contributed by atoms with Crippen LogP contribution in [0.3, 0.4) is 0 Å². The van der Waals surface area contributed by atoms with Gasteiger partial charge in [0, 0.05) is 18.0 Å². The molecule has 34 heavy (non-hydrogen) atoms. The van der Waals surface area contributed by atoms with Gasteiger partial charge in [0.2, 0.25) is 5.91 Å². The fraction of sp³-hybridized carbons (Fsp3) is 0.227. The Bertz CT molecular complexity index is 1170. The fourth-order valence-corrected chi connectivity index (χ4v) is 4.84. The highest BCUT2D eigenvalue weighted by Crippen LogP contribution is 2.31. The summed E-state index contributed by atoms with van der Waals surface area (Å²) in [6.45, 7) is 4.20. The van der Waals surface area contributed by atoms with Crippen LogP contribution in [0.2, 0.25) is 10.0 Å². The Morgan fingerprint density at radius 1 is 1.12 bits per heavy atom. The predicted molar refractivity (Wildman–Crippen MR) is 132 cm³/mol. The summed E-state index contributed by atoms with van der Waals surface area (Å²) in [7, 11) is 0. The lowest BCUT2D eigenvalue weighted by Gasteiger charge is -2.10. The maximum Gasteiger partial charge on any atom is 0.416 e. The van der Waals surface area contributed by atoms with Gasteiger partial charge in [0.05, 0.1) is 27.1 Å². The third-order valence-electron chi connectivity index (χ3n) is 4.40. The van der Waals surface area contributed by atoms with Gasteiger partial charge in [-0.05, 0) is 35.9 Å². The van der Waals surface area contributed by atoms with Crippen molar-refractivity contribution in [1.29, 1.82) is 0 Å². The Hall–Kier alpha value is -2.14. The van der Waals surface area contributed by atoms with Crippen molar-refractivity contribution in [2.45, 2.75) is 29.4 Å². The number of carbonyl (C=O) groups excluding carboxylic acids is 1. The summed E-state index contributed by atoms with van der Waals surface area (Å²) in [5, 5.41) is 12.4. The Balaban J connectivity index is 1.58. The van der Waals surface area contributed by atoms with Crippen molar-refractivity contribution in [2.24, 2.45) is 0 Å². The Labute approximate surface area is 213 Å². The van der Waals surface area contributed by atoms with Gasteiger partial charge in [-0.25, -0.2) is 0 Å². The molecule has 0 aliphatic rings. The molecule has 0 radical (unpaired) electrons. The highest BCUT2D eigenvalue weighted by atomic mass is 35.5. The number of halogens is 5. The minimum atomic E-state index is -4.48. The molecule has 0 aliphatic carbocycles. The van der Waals surface area contributed by atoms with Gasteiger partial charge in [-0.15, -0.1) is 28.5 Å². The Kier molecular flexibility index (Phi) is 9.35. The molecule has 1 heterocycles. The molecule has 5 nitrogen and oxygen atoms in total. The van der Waals surface area contributed by atoms with Crippen LogP contribution in [0.5, 0.6) is 0 Å². The standard InChI is InChI=1S/C22H19Cl2F3N4OS2/c1-2-8-31-19(12-33-11-14-6-7-17(23)18(24)9-14)29-30-21(31)34-13-20(32)28-16-5-3-4-15(10-16)22(25,26)27/h2-7,9-10H,1,8,11-13H2,(H,28,32). The molecule has 0 bridgehead atoms. The van der Waals surface area contributed by atoms with Crippen molar-refractivity contribution in [1.82, 2.24) is 14.8 Å². The van der Waals surface area contributed by atoms with E-state index in [1.165, 1.54) is 12.1 Å². The van der Waals surface area contributed by atoms with Crippen LogP contribution in [0.15, 0.2) is 60.3 Å². The van der Waals surface area contributed by atoms with Gasteiger partial charge in [-0.1, -0.05) is 53.2 Å². The van der Waals surface area contributed by atoms with Crippen molar-refractivity contribution in [2.75, 3.05) is 11.1 Å². The lowest BCUT2D eigenvalue weighted by Crippen LogP contribution is -2.15. The van der Waals surface area contributed by atoms with Crippen LogP contribution in [0, 0.1) is 0 Å². The third-order valence-corrected chi connectivity index (χ3v) is 7.10. The first-order valence-corrected chi connectivity index (χ1v) is 12.7. The second-order valence-corrected chi connectivity index (χ2v) is 9.70. The monoisotopic (exact) mass is 546 g/mol. The van der Waals surface area contributed by atoms with E-state index in [1.807, 2.05) is 16.7 Å². The van der Waals surface area contributed by atoms with E-state index in [9.17, 15) is 18.0 Å². The summed E-state index contributed by atoms with van der Waals surface area (Å²) in [5.74, 6) is 1.48. The second kappa shape index (κ2) is 12.0. The van der Waals surface area contributed by atoms with Crippen molar-refractivity contribution >= 4 is 58.3 Å². The summed E-state index contributed by atoms with van der Waals surface area (Å²) in [4.78, 5) is 12.3. The number of allylic oxidation sites excluding steroid dienone is 1. The van der Waals surface area contributed by atoms with Gasteiger partial charge in [0.1, 0.15) is 5.82 Å². The largest absolute Gasteiger partial charge is 0.416 e. The number of hydrogen-bond acceptors (Lipinski definition) is 5. The van der Waals surface area contributed by atoms with Crippen molar-refractivity contribution < 1.29 is 18.0 Å². The number of benzene rings is 2. The zero-order valence-electron chi connectivity index (χ0n) is 17.6. The molecule has 1 aromatic heterocycles. The first-order valence-electron chi connectivity index (χ1n) is 9.82. The maximum absolute atomic E-state index is 12.9. The lowest BCUT2D eigenvalue weighted by molar-refractivity contribution is -0.137. The first-order chi connectivity index (χ1) is 16.2. The minimum absolute atomic E-state index is 0.0397. The van der Waals surface area contributed by atoms with Crippen molar-refractivity contribution in [3.8, 4) is 0 Å². The topological polar surface area (TPSA) is 59.8 Å². The van der Waals surface area contributed by atoms with Gasteiger partial charge >= 0.3 is 6.18 Å². The number of carbonyl (C=O) groups is 1. The van der Waals surface area contributed by atoms with E-state index in [0.717, 1.165) is 29.5 Å². The van der Waals surface area contributed by atoms with Crippen LogP contribution in [0.25, 0.3) is 0 Å². The summed E-state index contributed by atoms with van der Waals surface area (Å²) >= 11 is 14.8. The molecule has 3 aromatic rings. The number of amides is 1. The quantitative estimate of drug-likeness (QED) is 0.220. The SMILES string of the molecule is C=CCn1c(CSCc2ccc(Cl)c(Cl)c2)nnc1SCC(=O)Nc1cccc(C(F)(F)F)c1. The molecule has 0 saturated carbocycles. The predicted octanol–water partition coefficient (Wildman–Crippen LogP) is 6.95. The number of thioether (sulfide) groups is 2. The number of anilines is 1. The number of nitrogens with one attached hydrogen (secondary N) is 1. The Morgan fingerprint density at radius 2 is 1.91 bits per heavy atom. The van der Waals surface area contributed by atoms with Gasteiger partial charge < -0.3 is 9.88 Å². The third kappa shape index (κ3) is 7.43. The highest BCUT2D eigenvalue weighted by Gasteiger charge is 2.30. The summed E-state index contributed by atoms with van der Waals surface area (Å²) in [6.07, 6.45) is -2.78. The summed E-state index contributed by atoms with van der Waals surface area (Å²) in [6, 6.07) is 9.96.